The highest BCUT2D eigenvalue weighted by Gasteiger charge is 2.48. The normalized spacial score (nSPS) is 19.2. The van der Waals surface area contributed by atoms with Gasteiger partial charge in [0.1, 0.15) is 5.75 Å². The first-order valence-electron chi connectivity index (χ1n) is 14.9. The average molecular weight is 639 g/mol. The van der Waals surface area contributed by atoms with E-state index < -0.39 is 17.9 Å². The molecule has 10 heteroatoms. The Hall–Kier alpha value is -3.40. The van der Waals surface area contributed by atoms with Crippen LogP contribution in [-0.2, 0) is 22.4 Å². The number of nitrogens with one attached hydrogen (secondary N) is 1. The topological polar surface area (TPSA) is 97.3 Å². The summed E-state index contributed by atoms with van der Waals surface area (Å²) in [7, 11) is 0. The maximum Gasteiger partial charge on any atom is 0.309 e. The van der Waals surface area contributed by atoms with Crippen molar-refractivity contribution < 1.29 is 28.9 Å². The number of ether oxygens (including phenoxy) is 3. The summed E-state index contributed by atoms with van der Waals surface area (Å²) in [5.74, 6) is 0.587. The van der Waals surface area contributed by atoms with Crippen LogP contribution in [0.25, 0.3) is 0 Å². The van der Waals surface area contributed by atoms with Gasteiger partial charge in [-0.25, -0.2) is 0 Å². The lowest BCUT2D eigenvalue weighted by Gasteiger charge is -2.27. The van der Waals surface area contributed by atoms with Gasteiger partial charge in [-0.05, 0) is 84.2 Å². The number of thioether (sulfide) groups is 1. The van der Waals surface area contributed by atoms with Gasteiger partial charge in [0.25, 0.3) is 0 Å². The standard InChI is InChI=1S/C34H39ClN2O6S/c1-5-21-15-24(35)16-22(6-2)31(21)36-29(38)18-37-17-27(26-11-12-28-33(20(26)3)43-19-42-28)30(34(39)40)32(37)23-7-9-25(10-8-23)41-13-14-44-4/h7-12,15-16,27,30,32H,5-6,13-14,17-19H2,1-4H3,(H,36,38)(H,39,40)/t27-,30?,32+/m1/s1. The molecule has 0 radical (unpaired) electrons. The molecule has 44 heavy (non-hydrogen) atoms. The van der Waals surface area contributed by atoms with Crippen molar-refractivity contribution >= 4 is 40.9 Å². The fourth-order valence-corrected chi connectivity index (χ4v) is 6.96. The number of halogens is 1. The highest BCUT2D eigenvalue weighted by molar-refractivity contribution is 7.98. The molecule has 0 spiro atoms. The van der Waals surface area contributed by atoms with E-state index in [9.17, 15) is 14.7 Å². The third kappa shape index (κ3) is 6.65. The molecule has 0 aromatic heterocycles. The number of carbonyl (C=O) groups excluding carboxylic acids is 1. The number of hydrogen-bond acceptors (Lipinski definition) is 7. The van der Waals surface area contributed by atoms with Crippen LogP contribution in [-0.4, -0.2) is 60.4 Å². The summed E-state index contributed by atoms with van der Waals surface area (Å²) in [6.45, 7) is 7.12. The molecule has 1 unspecified atom stereocenters. The largest absolute Gasteiger partial charge is 0.493 e. The number of rotatable bonds is 12. The van der Waals surface area contributed by atoms with Crippen LogP contribution in [0.2, 0.25) is 5.02 Å². The number of anilines is 1. The van der Waals surface area contributed by atoms with E-state index in [1.54, 1.807) is 11.8 Å². The van der Waals surface area contributed by atoms with Crippen molar-refractivity contribution in [1.29, 1.82) is 0 Å². The van der Waals surface area contributed by atoms with E-state index in [0.29, 0.717) is 42.5 Å². The smallest absolute Gasteiger partial charge is 0.309 e. The number of aryl methyl sites for hydroxylation is 2. The summed E-state index contributed by atoms with van der Waals surface area (Å²) < 4.78 is 17.1. The molecule has 3 aromatic rings. The first-order valence-corrected chi connectivity index (χ1v) is 16.7. The van der Waals surface area contributed by atoms with E-state index in [0.717, 1.165) is 45.0 Å². The van der Waals surface area contributed by atoms with Crippen LogP contribution in [0, 0.1) is 12.8 Å². The highest BCUT2D eigenvalue weighted by Crippen LogP contribution is 2.49. The molecule has 0 aliphatic carbocycles. The second-order valence-corrected chi connectivity index (χ2v) is 12.5. The fraction of sp³-hybridized carbons (Fsp3) is 0.412. The highest BCUT2D eigenvalue weighted by atomic mass is 35.5. The Bertz CT molecular complexity index is 1490. The molecule has 1 amide bonds. The molecule has 234 valence electrons. The van der Waals surface area contributed by atoms with Crippen molar-refractivity contribution in [2.45, 2.75) is 45.6 Å². The monoisotopic (exact) mass is 638 g/mol. The maximum absolute atomic E-state index is 13.7. The molecule has 5 rings (SSSR count). The molecule has 2 aliphatic rings. The minimum atomic E-state index is -0.917. The van der Waals surface area contributed by atoms with Crippen molar-refractivity contribution in [3.63, 3.8) is 0 Å². The van der Waals surface area contributed by atoms with Crippen molar-refractivity contribution in [1.82, 2.24) is 4.90 Å². The molecular weight excluding hydrogens is 600 g/mol. The van der Waals surface area contributed by atoms with Crippen molar-refractivity contribution in [3.05, 3.63) is 81.4 Å². The van der Waals surface area contributed by atoms with Crippen LogP contribution in [0.1, 0.15) is 53.6 Å². The van der Waals surface area contributed by atoms with Gasteiger partial charge in [-0.1, -0.05) is 43.6 Å². The zero-order valence-corrected chi connectivity index (χ0v) is 27.1. The Labute approximate surface area is 268 Å². The molecule has 2 aliphatic heterocycles. The van der Waals surface area contributed by atoms with E-state index in [4.69, 9.17) is 25.8 Å². The molecule has 1 fully saturated rings. The second kappa shape index (κ2) is 14.1. The number of aliphatic carboxylic acids is 1. The van der Waals surface area contributed by atoms with Gasteiger partial charge < -0.3 is 24.6 Å². The molecule has 3 aromatic carbocycles. The van der Waals surface area contributed by atoms with E-state index in [2.05, 4.69) is 5.32 Å². The molecule has 3 atom stereocenters. The first kappa shape index (κ1) is 32.0. The van der Waals surface area contributed by atoms with Crippen molar-refractivity contribution in [2.75, 3.05) is 43.8 Å². The van der Waals surface area contributed by atoms with Gasteiger partial charge in [-0.2, -0.15) is 11.8 Å². The van der Waals surface area contributed by atoms with Gasteiger partial charge in [0.05, 0.1) is 19.1 Å². The van der Waals surface area contributed by atoms with E-state index >= 15 is 0 Å². The minimum absolute atomic E-state index is 0.0233. The van der Waals surface area contributed by atoms with Crippen LogP contribution in [0.15, 0.2) is 48.5 Å². The van der Waals surface area contributed by atoms with Crippen LogP contribution < -0.4 is 19.5 Å². The molecule has 0 bridgehead atoms. The van der Waals surface area contributed by atoms with Gasteiger partial charge in [0.2, 0.25) is 12.7 Å². The van der Waals surface area contributed by atoms with Gasteiger partial charge in [0, 0.05) is 35.0 Å². The summed E-state index contributed by atoms with van der Waals surface area (Å²) >= 11 is 8.06. The van der Waals surface area contributed by atoms with E-state index in [-0.39, 0.29) is 25.2 Å². The van der Waals surface area contributed by atoms with Crippen molar-refractivity contribution in [3.8, 4) is 17.2 Å². The number of fused-ring (bicyclic) bond motifs is 1. The number of benzene rings is 3. The number of hydrogen-bond donors (Lipinski definition) is 2. The number of nitrogens with zero attached hydrogens (tertiary/aromatic N) is 1. The minimum Gasteiger partial charge on any atom is -0.493 e. The number of amides is 1. The van der Waals surface area contributed by atoms with Gasteiger partial charge in [0.15, 0.2) is 11.5 Å². The Morgan fingerprint density at radius 1 is 1.09 bits per heavy atom. The van der Waals surface area contributed by atoms with Gasteiger partial charge >= 0.3 is 5.97 Å². The van der Waals surface area contributed by atoms with Crippen LogP contribution in [0.4, 0.5) is 5.69 Å². The van der Waals surface area contributed by atoms with E-state index in [1.165, 1.54) is 0 Å². The Morgan fingerprint density at radius 3 is 2.43 bits per heavy atom. The lowest BCUT2D eigenvalue weighted by atomic mass is 9.81. The van der Waals surface area contributed by atoms with Crippen molar-refractivity contribution in [2.24, 2.45) is 5.92 Å². The molecule has 0 saturated carbocycles. The zero-order chi connectivity index (χ0) is 31.4. The summed E-state index contributed by atoms with van der Waals surface area (Å²) in [6, 6.07) is 14.6. The summed E-state index contributed by atoms with van der Waals surface area (Å²) in [6.07, 6.45) is 3.46. The maximum atomic E-state index is 13.7. The number of carboxylic acid groups (broad SMARTS) is 1. The zero-order valence-electron chi connectivity index (χ0n) is 25.5. The predicted octanol–water partition coefficient (Wildman–Crippen LogP) is 6.72. The van der Waals surface area contributed by atoms with Crippen LogP contribution in [0.3, 0.4) is 0 Å². The summed E-state index contributed by atoms with van der Waals surface area (Å²) in [4.78, 5) is 28.8. The Kier molecular flexibility index (Phi) is 10.3. The van der Waals surface area contributed by atoms with Crippen LogP contribution in [0.5, 0.6) is 17.2 Å². The average Bonchev–Trinajstić information content (AvgIpc) is 3.64. The SMILES string of the molecule is CCc1cc(Cl)cc(CC)c1NC(=O)CN1C[C@H](c2ccc3c(c2C)OCO3)C(C(=O)O)[C@@H]1c1ccc(OCCSC)cc1. The summed E-state index contributed by atoms with van der Waals surface area (Å²) in [5, 5.41) is 14.5. The molecule has 1 saturated heterocycles. The Morgan fingerprint density at radius 2 is 1.80 bits per heavy atom. The second-order valence-electron chi connectivity index (χ2n) is 11.1. The third-order valence-electron chi connectivity index (χ3n) is 8.53. The lowest BCUT2D eigenvalue weighted by molar-refractivity contribution is -0.143. The molecule has 2 N–H and O–H groups in total. The molecular formula is C34H39ClN2O6S. The quantitative estimate of drug-likeness (QED) is 0.211. The first-order chi connectivity index (χ1) is 21.2. The molecule has 8 nitrogen and oxygen atoms in total. The van der Waals surface area contributed by atoms with Crippen LogP contribution >= 0.6 is 23.4 Å². The predicted molar refractivity (Wildman–Crippen MR) is 175 cm³/mol. The number of carbonyl (C=O) groups is 2. The fourth-order valence-electron chi connectivity index (χ4n) is 6.45. The van der Waals surface area contributed by atoms with Gasteiger partial charge in [-0.15, -0.1) is 0 Å². The molecule has 2 heterocycles. The Balaban J connectivity index is 1.49. The lowest BCUT2D eigenvalue weighted by Crippen LogP contribution is -2.35. The number of likely N-dealkylation sites (tertiary alicyclic amines) is 1. The summed E-state index contributed by atoms with van der Waals surface area (Å²) in [5.41, 5.74) is 5.28. The third-order valence-corrected chi connectivity index (χ3v) is 9.32. The van der Waals surface area contributed by atoms with Gasteiger partial charge in [-0.3, -0.25) is 14.5 Å². The van der Waals surface area contributed by atoms with E-state index in [1.807, 2.05) is 80.5 Å². The number of carboxylic acids is 1.